The quantitative estimate of drug-likeness (QED) is 0.744. The Kier molecular flexibility index (Phi) is 2.35. The molecular weight excluding hydrogens is 185 g/mol. The van der Waals surface area contributed by atoms with E-state index in [0.717, 1.165) is 0 Å². The number of benzene rings is 1. The molecule has 0 aromatic heterocycles. The molecule has 1 heterocycles. The first-order chi connectivity index (χ1) is 6.77. The Balaban J connectivity index is 2.22. The number of amides is 1. The topological polar surface area (TPSA) is 38.3 Å². The number of carbonyl (C=O) groups excluding carboxylic acids is 1. The Bertz CT molecular complexity index is 354. The zero-order valence-electron chi connectivity index (χ0n) is 7.50. The molecule has 4 heteroatoms. The van der Waals surface area contributed by atoms with Crippen LogP contribution in [0.4, 0.5) is 9.18 Å². The van der Waals surface area contributed by atoms with Gasteiger partial charge in [0.25, 0.3) is 0 Å². The van der Waals surface area contributed by atoms with Crippen LogP contribution in [0, 0.1) is 5.82 Å². The van der Waals surface area contributed by atoms with Gasteiger partial charge in [-0.2, -0.15) is 0 Å². The van der Waals surface area contributed by atoms with Gasteiger partial charge in [0.2, 0.25) is 0 Å². The van der Waals surface area contributed by atoms with E-state index in [1.165, 1.54) is 6.07 Å². The minimum atomic E-state index is -0.482. The number of cyclic esters (lactones) is 1. The Labute approximate surface area is 80.9 Å². The van der Waals surface area contributed by atoms with Crippen molar-refractivity contribution >= 4 is 6.09 Å². The molecule has 1 N–H and O–H groups in total. The average molecular weight is 195 g/mol. The van der Waals surface area contributed by atoms with Crippen molar-refractivity contribution in [1.82, 2.24) is 5.32 Å². The second-order valence-electron chi connectivity index (χ2n) is 3.13. The Hall–Kier alpha value is -1.58. The van der Waals surface area contributed by atoms with Gasteiger partial charge in [-0.25, -0.2) is 9.18 Å². The summed E-state index contributed by atoms with van der Waals surface area (Å²) in [6, 6.07) is 6.35. The number of rotatable bonds is 1. The van der Waals surface area contributed by atoms with Crippen LogP contribution in [-0.4, -0.2) is 12.6 Å². The van der Waals surface area contributed by atoms with Gasteiger partial charge in [0.1, 0.15) is 11.9 Å². The number of halogens is 1. The zero-order valence-corrected chi connectivity index (χ0v) is 7.50. The smallest absolute Gasteiger partial charge is 0.407 e. The second-order valence-corrected chi connectivity index (χ2v) is 3.13. The molecule has 1 amide bonds. The maximum Gasteiger partial charge on any atom is 0.407 e. The molecule has 0 bridgehead atoms. The van der Waals surface area contributed by atoms with Gasteiger partial charge >= 0.3 is 6.09 Å². The normalized spacial score (nSPS) is 21.2. The minimum absolute atomic E-state index is 0.327. The summed E-state index contributed by atoms with van der Waals surface area (Å²) in [6.07, 6.45) is -0.332. The zero-order chi connectivity index (χ0) is 9.97. The summed E-state index contributed by atoms with van der Waals surface area (Å²) in [6.45, 7) is 0.526. The molecule has 1 atom stereocenters. The first kappa shape index (κ1) is 8.99. The third-order valence-corrected chi connectivity index (χ3v) is 2.18. The fourth-order valence-corrected chi connectivity index (χ4v) is 1.49. The molecule has 0 saturated carbocycles. The van der Waals surface area contributed by atoms with Crippen molar-refractivity contribution in [1.29, 1.82) is 0 Å². The van der Waals surface area contributed by atoms with Crippen molar-refractivity contribution in [2.45, 2.75) is 12.5 Å². The summed E-state index contributed by atoms with van der Waals surface area (Å²) in [7, 11) is 0. The van der Waals surface area contributed by atoms with Crippen LogP contribution < -0.4 is 5.32 Å². The first-order valence-electron chi connectivity index (χ1n) is 4.46. The molecule has 1 aliphatic rings. The van der Waals surface area contributed by atoms with Crippen molar-refractivity contribution < 1.29 is 13.9 Å². The fourth-order valence-electron chi connectivity index (χ4n) is 1.49. The van der Waals surface area contributed by atoms with Gasteiger partial charge in [0, 0.05) is 18.5 Å². The number of ether oxygens (including phenoxy) is 1. The number of carbonyl (C=O) groups is 1. The van der Waals surface area contributed by atoms with Gasteiger partial charge in [-0.15, -0.1) is 0 Å². The molecule has 3 nitrogen and oxygen atoms in total. The molecule has 1 unspecified atom stereocenters. The van der Waals surface area contributed by atoms with Gasteiger partial charge in [-0.3, -0.25) is 0 Å². The highest BCUT2D eigenvalue weighted by Crippen LogP contribution is 2.25. The van der Waals surface area contributed by atoms with Crippen LogP contribution in [0.2, 0.25) is 0 Å². The van der Waals surface area contributed by atoms with Crippen LogP contribution in [0.1, 0.15) is 18.1 Å². The Morgan fingerprint density at radius 1 is 1.43 bits per heavy atom. The van der Waals surface area contributed by atoms with E-state index in [1.807, 2.05) is 0 Å². The maximum atomic E-state index is 13.3. The van der Waals surface area contributed by atoms with Crippen LogP contribution in [0.15, 0.2) is 24.3 Å². The van der Waals surface area contributed by atoms with Crippen LogP contribution in [-0.2, 0) is 4.74 Å². The third kappa shape index (κ3) is 1.69. The highest BCUT2D eigenvalue weighted by Gasteiger charge is 2.23. The Morgan fingerprint density at radius 3 is 2.93 bits per heavy atom. The third-order valence-electron chi connectivity index (χ3n) is 2.18. The van der Waals surface area contributed by atoms with Crippen molar-refractivity contribution in [3.8, 4) is 0 Å². The molecule has 1 aromatic rings. The largest absolute Gasteiger partial charge is 0.441 e. The monoisotopic (exact) mass is 195 g/mol. The summed E-state index contributed by atoms with van der Waals surface area (Å²) in [5.41, 5.74) is 0.447. The van der Waals surface area contributed by atoms with E-state index in [0.29, 0.717) is 18.5 Å². The van der Waals surface area contributed by atoms with E-state index >= 15 is 0 Å². The van der Waals surface area contributed by atoms with E-state index in [2.05, 4.69) is 5.32 Å². The van der Waals surface area contributed by atoms with Gasteiger partial charge in [0.05, 0.1) is 0 Å². The molecule has 74 valence electrons. The molecule has 0 aliphatic carbocycles. The summed E-state index contributed by atoms with van der Waals surface area (Å²) in [5.74, 6) is -0.327. The van der Waals surface area contributed by atoms with E-state index < -0.39 is 12.2 Å². The van der Waals surface area contributed by atoms with E-state index in [9.17, 15) is 9.18 Å². The predicted octanol–water partition coefficient (Wildman–Crippen LogP) is 2.00. The SMILES string of the molecule is O=C1NCCC(c2ccccc2F)O1. The number of alkyl carbamates (subject to hydrolysis) is 1. The van der Waals surface area contributed by atoms with Gasteiger partial charge in [-0.1, -0.05) is 18.2 Å². The lowest BCUT2D eigenvalue weighted by molar-refractivity contribution is 0.0719. The molecular formula is C10H10FNO2. The van der Waals surface area contributed by atoms with Crippen molar-refractivity contribution in [3.63, 3.8) is 0 Å². The molecule has 1 aliphatic heterocycles. The molecule has 0 spiro atoms. The van der Waals surface area contributed by atoms with Crippen LogP contribution in [0.3, 0.4) is 0 Å². The first-order valence-corrected chi connectivity index (χ1v) is 4.46. The van der Waals surface area contributed by atoms with Gasteiger partial charge in [-0.05, 0) is 6.07 Å². The average Bonchev–Trinajstić information content (AvgIpc) is 2.18. The lowest BCUT2D eigenvalue weighted by atomic mass is 10.1. The number of hydrogen-bond acceptors (Lipinski definition) is 2. The van der Waals surface area contributed by atoms with E-state index in [-0.39, 0.29) is 5.82 Å². The summed E-state index contributed by atoms with van der Waals surface area (Å²) >= 11 is 0. The molecule has 2 rings (SSSR count). The van der Waals surface area contributed by atoms with Gasteiger partial charge < -0.3 is 10.1 Å². The molecule has 0 radical (unpaired) electrons. The van der Waals surface area contributed by atoms with Crippen LogP contribution in [0.5, 0.6) is 0 Å². The van der Waals surface area contributed by atoms with Crippen LogP contribution >= 0.6 is 0 Å². The highest BCUT2D eigenvalue weighted by molar-refractivity contribution is 5.68. The minimum Gasteiger partial charge on any atom is -0.441 e. The molecule has 1 fully saturated rings. The summed E-state index contributed by atoms with van der Waals surface area (Å²) in [4.78, 5) is 10.9. The fraction of sp³-hybridized carbons (Fsp3) is 0.300. The lowest BCUT2D eigenvalue weighted by Crippen LogP contribution is -2.34. The summed E-state index contributed by atoms with van der Waals surface area (Å²) < 4.78 is 18.3. The maximum absolute atomic E-state index is 13.3. The Morgan fingerprint density at radius 2 is 2.21 bits per heavy atom. The van der Waals surface area contributed by atoms with Crippen molar-refractivity contribution in [3.05, 3.63) is 35.6 Å². The van der Waals surface area contributed by atoms with E-state index in [4.69, 9.17) is 4.74 Å². The second kappa shape index (κ2) is 3.65. The number of nitrogens with one attached hydrogen (secondary N) is 1. The standard InChI is InChI=1S/C10H10FNO2/c11-8-4-2-1-3-7(8)9-5-6-12-10(13)14-9/h1-4,9H,5-6H2,(H,12,13). The van der Waals surface area contributed by atoms with Crippen molar-refractivity contribution in [2.75, 3.05) is 6.54 Å². The van der Waals surface area contributed by atoms with E-state index in [1.54, 1.807) is 18.2 Å². The van der Waals surface area contributed by atoms with Crippen LogP contribution in [0.25, 0.3) is 0 Å². The predicted molar refractivity (Wildman–Crippen MR) is 48.2 cm³/mol. The number of hydrogen-bond donors (Lipinski definition) is 1. The highest BCUT2D eigenvalue weighted by atomic mass is 19.1. The van der Waals surface area contributed by atoms with Gasteiger partial charge in [0.15, 0.2) is 0 Å². The summed E-state index contributed by atoms with van der Waals surface area (Å²) in [5, 5.41) is 2.52. The molecule has 1 aromatic carbocycles. The lowest BCUT2D eigenvalue weighted by Gasteiger charge is -2.23. The molecule has 1 saturated heterocycles. The molecule has 14 heavy (non-hydrogen) atoms. The van der Waals surface area contributed by atoms with Crippen molar-refractivity contribution in [2.24, 2.45) is 0 Å².